The molecule has 2 N–H and O–H groups in total. The van der Waals surface area contributed by atoms with Gasteiger partial charge in [0.2, 0.25) is 0 Å². The third kappa shape index (κ3) is 2.08. The summed E-state index contributed by atoms with van der Waals surface area (Å²) in [5.74, 6) is 1.65. The van der Waals surface area contributed by atoms with Crippen LogP contribution >= 0.6 is 15.9 Å². The number of rotatable bonds is 2. The molecule has 0 amide bonds. The summed E-state index contributed by atoms with van der Waals surface area (Å²) in [7, 11) is 0. The van der Waals surface area contributed by atoms with Gasteiger partial charge in [0, 0.05) is 16.6 Å². The Labute approximate surface area is 103 Å². The maximum Gasteiger partial charge on any atom is 0.164 e. The van der Waals surface area contributed by atoms with Crippen LogP contribution in [0.5, 0.6) is 11.5 Å². The van der Waals surface area contributed by atoms with Crippen molar-refractivity contribution in [3.63, 3.8) is 0 Å². The van der Waals surface area contributed by atoms with Crippen LogP contribution in [0.25, 0.3) is 6.08 Å². The van der Waals surface area contributed by atoms with Gasteiger partial charge in [-0.25, -0.2) is 0 Å². The molecule has 2 rings (SSSR count). The molecule has 1 aliphatic rings. The third-order valence-corrected chi connectivity index (χ3v) is 3.15. The highest BCUT2D eigenvalue weighted by Gasteiger charge is 2.18. The molecular formula is C12H14BrNO2. The number of benzene rings is 1. The maximum atomic E-state index is 5.62. The molecule has 1 aromatic carbocycles. The van der Waals surface area contributed by atoms with Crippen molar-refractivity contribution in [1.82, 2.24) is 0 Å². The number of ether oxygens (including phenoxy) is 2. The highest BCUT2D eigenvalue weighted by molar-refractivity contribution is 9.10. The van der Waals surface area contributed by atoms with Gasteiger partial charge in [0.1, 0.15) is 13.2 Å². The van der Waals surface area contributed by atoms with Crippen LogP contribution in [0, 0.1) is 6.92 Å². The van der Waals surface area contributed by atoms with E-state index in [1.807, 2.05) is 25.1 Å². The molecule has 0 aliphatic carbocycles. The zero-order valence-electron chi connectivity index (χ0n) is 9.13. The molecule has 0 saturated carbocycles. The van der Waals surface area contributed by atoms with Crippen LogP contribution in [0.4, 0.5) is 0 Å². The van der Waals surface area contributed by atoms with E-state index >= 15 is 0 Å². The van der Waals surface area contributed by atoms with Crippen molar-refractivity contribution in [2.75, 3.05) is 19.8 Å². The molecular weight excluding hydrogens is 270 g/mol. The number of hydrogen-bond donors (Lipinski definition) is 1. The van der Waals surface area contributed by atoms with E-state index in [2.05, 4.69) is 15.9 Å². The normalized spacial score (nSPS) is 14.4. The quantitative estimate of drug-likeness (QED) is 0.907. The Morgan fingerprint density at radius 3 is 2.94 bits per heavy atom. The summed E-state index contributed by atoms with van der Waals surface area (Å²) in [5.41, 5.74) is 7.63. The van der Waals surface area contributed by atoms with E-state index in [1.54, 1.807) is 0 Å². The summed E-state index contributed by atoms with van der Waals surface area (Å²) in [6, 6.07) is 1.94. The first kappa shape index (κ1) is 11.5. The van der Waals surface area contributed by atoms with Crippen molar-refractivity contribution in [2.24, 2.45) is 5.73 Å². The van der Waals surface area contributed by atoms with Crippen molar-refractivity contribution >= 4 is 22.0 Å². The van der Waals surface area contributed by atoms with Gasteiger partial charge < -0.3 is 15.2 Å². The lowest BCUT2D eigenvalue weighted by Gasteiger charge is -2.22. The fraction of sp³-hybridized carbons (Fsp3) is 0.333. The molecule has 0 radical (unpaired) electrons. The van der Waals surface area contributed by atoms with Crippen LogP contribution in [-0.2, 0) is 0 Å². The third-order valence-electron chi connectivity index (χ3n) is 2.49. The number of halogens is 1. The van der Waals surface area contributed by atoms with Gasteiger partial charge in [-0.3, -0.25) is 0 Å². The molecule has 3 nitrogen and oxygen atoms in total. The van der Waals surface area contributed by atoms with Gasteiger partial charge in [-0.05, 0) is 18.6 Å². The van der Waals surface area contributed by atoms with Gasteiger partial charge in [-0.1, -0.05) is 28.1 Å². The van der Waals surface area contributed by atoms with Crippen LogP contribution in [-0.4, -0.2) is 19.8 Å². The molecule has 0 fully saturated rings. The van der Waals surface area contributed by atoms with Crippen LogP contribution in [0.1, 0.15) is 11.1 Å². The summed E-state index contributed by atoms with van der Waals surface area (Å²) >= 11 is 3.53. The number of nitrogens with two attached hydrogens (primary N) is 1. The van der Waals surface area contributed by atoms with Crippen molar-refractivity contribution in [3.05, 3.63) is 27.7 Å². The second kappa shape index (κ2) is 4.89. The van der Waals surface area contributed by atoms with Gasteiger partial charge >= 0.3 is 0 Å². The number of fused-ring (bicyclic) bond motifs is 1. The Hall–Kier alpha value is -1.00. The van der Waals surface area contributed by atoms with E-state index in [-0.39, 0.29) is 0 Å². The van der Waals surface area contributed by atoms with Crippen molar-refractivity contribution in [3.8, 4) is 11.5 Å². The summed E-state index contributed by atoms with van der Waals surface area (Å²) in [4.78, 5) is 0. The average Bonchev–Trinajstić information content (AvgIpc) is 2.29. The zero-order chi connectivity index (χ0) is 11.5. The molecule has 1 heterocycles. The van der Waals surface area contributed by atoms with Gasteiger partial charge in [-0.15, -0.1) is 0 Å². The highest BCUT2D eigenvalue weighted by atomic mass is 79.9. The Kier molecular flexibility index (Phi) is 3.51. The molecule has 0 bridgehead atoms. The molecule has 0 aromatic heterocycles. The van der Waals surface area contributed by atoms with Crippen LogP contribution in [0.2, 0.25) is 0 Å². The van der Waals surface area contributed by atoms with Crippen molar-refractivity contribution in [2.45, 2.75) is 6.92 Å². The lowest BCUT2D eigenvalue weighted by molar-refractivity contribution is 0.170. The van der Waals surface area contributed by atoms with Gasteiger partial charge in [-0.2, -0.15) is 0 Å². The van der Waals surface area contributed by atoms with E-state index < -0.39 is 0 Å². The Balaban J connectivity index is 2.49. The molecule has 1 aliphatic heterocycles. The Bertz CT molecular complexity index is 430. The van der Waals surface area contributed by atoms with Crippen molar-refractivity contribution in [1.29, 1.82) is 0 Å². The monoisotopic (exact) mass is 283 g/mol. The lowest BCUT2D eigenvalue weighted by Crippen LogP contribution is -2.16. The van der Waals surface area contributed by atoms with Gasteiger partial charge in [0.25, 0.3) is 0 Å². The minimum Gasteiger partial charge on any atom is -0.486 e. The molecule has 4 heteroatoms. The predicted octanol–water partition coefficient (Wildman–Crippen LogP) is 2.50. The van der Waals surface area contributed by atoms with Crippen molar-refractivity contribution < 1.29 is 9.47 Å². The predicted molar refractivity (Wildman–Crippen MR) is 68.0 cm³/mol. The second-order valence-corrected chi connectivity index (χ2v) is 4.41. The van der Waals surface area contributed by atoms with E-state index in [0.717, 1.165) is 27.1 Å². The van der Waals surface area contributed by atoms with Crippen LogP contribution < -0.4 is 15.2 Å². The summed E-state index contributed by atoms with van der Waals surface area (Å²) in [6.45, 7) is 3.77. The average molecular weight is 284 g/mol. The lowest BCUT2D eigenvalue weighted by atomic mass is 10.1. The standard InChI is InChI=1S/C12H14BrNO2/c1-8-9(3-2-4-14)10(13)7-11-12(8)16-6-5-15-11/h2-3,7H,4-6,14H2,1H3/b3-2+. The van der Waals surface area contributed by atoms with Crippen LogP contribution in [0.15, 0.2) is 16.6 Å². The zero-order valence-corrected chi connectivity index (χ0v) is 10.7. The first-order chi connectivity index (χ1) is 7.74. The highest BCUT2D eigenvalue weighted by Crippen LogP contribution is 2.40. The molecule has 0 atom stereocenters. The Morgan fingerprint density at radius 1 is 1.44 bits per heavy atom. The largest absolute Gasteiger partial charge is 0.486 e. The summed E-state index contributed by atoms with van der Waals surface area (Å²) in [6.07, 6.45) is 3.92. The van der Waals surface area contributed by atoms with Gasteiger partial charge in [0.05, 0.1) is 0 Å². The second-order valence-electron chi connectivity index (χ2n) is 3.56. The topological polar surface area (TPSA) is 44.5 Å². The molecule has 0 spiro atoms. The van der Waals surface area contributed by atoms with Gasteiger partial charge in [0.15, 0.2) is 11.5 Å². The molecule has 86 valence electrons. The van der Waals surface area contributed by atoms with E-state index in [1.165, 1.54) is 0 Å². The molecule has 1 aromatic rings. The minimum atomic E-state index is 0.528. The van der Waals surface area contributed by atoms with Crippen LogP contribution in [0.3, 0.4) is 0 Å². The summed E-state index contributed by atoms with van der Waals surface area (Å²) < 4.78 is 12.2. The summed E-state index contributed by atoms with van der Waals surface area (Å²) in [5, 5.41) is 0. The minimum absolute atomic E-state index is 0.528. The van der Waals surface area contributed by atoms with E-state index in [4.69, 9.17) is 15.2 Å². The smallest absolute Gasteiger partial charge is 0.164 e. The maximum absolute atomic E-state index is 5.62. The van der Waals surface area contributed by atoms with E-state index in [0.29, 0.717) is 19.8 Å². The molecule has 0 unspecified atom stereocenters. The molecule has 16 heavy (non-hydrogen) atoms. The first-order valence-electron chi connectivity index (χ1n) is 5.19. The van der Waals surface area contributed by atoms with E-state index in [9.17, 15) is 0 Å². The Morgan fingerprint density at radius 2 is 2.19 bits per heavy atom. The molecule has 0 saturated heterocycles. The fourth-order valence-electron chi connectivity index (χ4n) is 1.72. The fourth-order valence-corrected chi connectivity index (χ4v) is 2.35. The first-order valence-corrected chi connectivity index (χ1v) is 5.98. The number of hydrogen-bond acceptors (Lipinski definition) is 3. The SMILES string of the molecule is Cc1c(/C=C/CN)c(Br)cc2c1OCCO2.